The van der Waals surface area contributed by atoms with Crippen LogP contribution in [0.4, 0.5) is 5.69 Å². The quantitative estimate of drug-likeness (QED) is 0.264. The maximum absolute atomic E-state index is 12.9. The molecule has 2 N–H and O–H groups in total. The van der Waals surface area contributed by atoms with Crippen molar-refractivity contribution in [3.05, 3.63) is 88.7 Å². The number of hydrogen-bond donors (Lipinski definition) is 2. The predicted molar refractivity (Wildman–Crippen MR) is 148 cm³/mol. The average Bonchev–Trinajstić information content (AvgIpc) is 2.90. The van der Waals surface area contributed by atoms with Gasteiger partial charge in [0.2, 0.25) is 0 Å². The molecule has 1 aromatic heterocycles. The molecule has 0 fully saturated rings. The summed E-state index contributed by atoms with van der Waals surface area (Å²) in [5.74, 6) is 1.51. The molecule has 0 radical (unpaired) electrons. The lowest BCUT2D eigenvalue weighted by molar-refractivity contribution is 0.308. The van der Waals surface area contributed by atoms with Crippen LogP contribution in [0.15, 0.2) is 77.6 Å². The molecule has 4 rings (SSSR count). The van der Waals surface area contributed by atoms with Gasteiger partial charge in [-0.15, -0.1) is 0 Å². The summed E-state index contributed by atoms with van der Waals surface area (Å²) in [5.41, 5.74) is 4.25. The topological polar surface area (TPSA) is 64.5 Å². The summed E-state index contributed by atoms with van der Waals surface area (Å²) in [6.07, 6.45) is 2.01. The van der Waals surface area contributed by atoms with Crippen LogP contribution in [0.25, 0.3) is 22.0 Å². The first-order chi connectivity index (χ1) is 17.5. The molecular formula is C30H35N3O3. The minimum atomic E-state index is -0.0415. The fourth-order valence-corrected chi connectivity index (χ4v) is 4.22. The van der Waals surface area contributed by atoms with Crippen molar-refractivity contribution in [2.75, 3.05) is 38.7 Å². The molecule has 3 aromatic carbocycles. The van der Waals surface area contributed by atoms with E-state index in [0.29, 0.717) is 17.7 Å². The summed E-state index contributed by atoms with van der Waals surface area (Å²) in [6, 6.07) is 24.0. The van der Waals surface area contributed by atoms with Crippen LogP contribution in [0.3, 0.4) is 0 Å². The van der Waals surface area contributed by atoms with E-state index in [-0.39, 0.29) is 5.56 Å². The second kappa shape index (κ2) is 12.3. The van der Waals surface area contributed by atoms with Crippen molar-refractivity contribution in [1.29, 1.82) is 0 Å². The Kier molecular flexibility index (Phi) is 8.63. The Labute approximate surface area is 212 Å². The van der Waals surface area contributed by atoms with Gasteiger partial charge < -0.3 is 24.7 Å². The van der Waals surface area contributed by atoms with Gasteiger partial charge in [0.1, 0.15) is 11.5 Å². The smallest absolute Gasteiger partial charge is 0.258 e. The molecule has 0 unspecified atom stereocenters. The summed E-state index contributed by atoms with van der Waals surface area (Å²) in [5, 5.41) is 8.48. The molecule has 1 heterocycles. The standard InChI is InChI=1S/C30H35N3O3/c1-22-7-4-8-25(19-22)32-17-5-15-31-16-6-18-36-26-12-9-23(10-13-26)29-20-24-11-14-27(35-3)21-28(24)30(34)33(29)2/h4,7-14,19-21,31-32H,5-6,15-18H2,1-3H3. The highest BCUT2D eigenvalue weighted by Crippen LogP contribution is 2.26. The van der Waals surface area contributed by atoms with Gasteiger partial charge in [-0.05, 0) is 104 Å². The number of methoxy groups -OCH3 is 1. The monoisotopic (exact) mass is 485 g/mol. The van der Waals surface area contributed by atoms with E-state index in [1.165, 1.54) is 11.3 Å². The molecule has 0 spiro atoms. The molecule has 0 saturated heterocycles. The molecule has 0 bridgehead atoms. The van der Waals surface area contributed by atoms with Gasteiger partial charge in [0.05, 0.1) is 24.8 Å². The van der Waals surface area contributed by atoms with Gasteiger partial charge in [-0.3, -0.25) is 4.79 Å². The number of aromatic nitrogens is 1. The molecular weight excluding hydrogens is 450 g/mol. The first-order valence-corrected chi connectivity index (χ1v) is 12.5. The first-order valence-electron chi connectivity index (χ1n) is 12.5. The van der Waals surface area contributed by atoms with Gasteiger partial charge in [-0.2, -0.15) is 0 Å². The van der Waals surface area contributed by atoms with Crippen LogP contribution in [0.1, 0.15) is 18.4 Å². The Hall–Kier alpha value is -3.77. The van der Waals surface area contributed by atoms with Gasteiger partial charge in [-0.25, -0.2) is 0 Å². The lowest BCUT2D eigenvalue weighted by atomic mass is 10.1. The van der Waals surface area contributed by atoms with Crippen molar-refractivity contribution < 1.29 is 9.47 Å². The number of hydrogen-bond acceptors (Lipinski definition) is 5. The Morgan fingerprint density at radius 2 is 1.64 bits per heavy atom. The van der Waals surface area contributed by atoms with Gasteiger partial charge in [0.25, 0.3) is 5.56 Å². The summed E-state index contributed by atoms with van der Waals surface area (Å²) in [4.78, 5) is 12.9. The normalized spacial score (nSPS) is 11.0. The number of ether oxygens (including phenoxy) is 2. The third-order valence-corrected chi connectivity index (χ3v) is 6.24. The average molecular weight is 486 g/mol. The van der Waals surface area contributed by atoms with Crippen LogP contribution < -0.4 is 25.7 Å². The highest BCUT2D eigenvalue weighted by Gasteiger charge is 2.10. The zero-order valence-corrected chi connectivity index (χ0v) is 21.3. The van der Waals surface area contributed by atoms with Crippen LogP contribution in [0.5, 0.6) is 11.5 Å². The largest absolute Gasteiger partial charge is 0.497 e. The Bertz CT molecular complexity index is 1350. The molecule has 0 aliphatic rings. The Morgan fingerprint density at radius 3 is 2.42 bits per heavy atom. The number of fused-ring (bicyclic) bond motifs is 1. The Balaban J connectivity index is 1.20. The zero-order valence-electron chi connectivity index (χ0n) is 21.3. The summed E-state index contributed by atoms with van der Waals surface area (Å²) >= 11 is 0. The summed E-state index contributed by atoms with van der Waals surface area (Å²) in [6.45, 7) is 5.62. The van der Waals surface area contributed by atoms with E-state index in [0.717, 1.165) is 54.9 Å². The molecule has 6 nitrogen and oxygen atoms in total. The third-order valence-electron chi connectivity index (χ3n) is 6.24. The molecule has 0 saturated carbocycles. The van der Waals surface area contributed by atoms with Crippen molar-refractivity contribution in [3.8, 4) is 22.8 Å². The number of benzene rings is 3. The fourth-order valence-electron chi connectivity index (χ4n) is 4.22. The minimum Gasteiger partial charge on any atom is -0.497 e. The number of rotatable bonds is 12. The zero-order chi connectivity index (χ0) is 25.3. The molecule has 36 heavy (non-hydrogen) atoms. The molecule has 6 heteroatoms. The van der Waals surface area contributed by atoms with Crippen molar-refractivity contribution in [3.63, 3.8) is 0 Å². The van der Waals surface area contributed by atoms with Gasteiger partial charge in [-0.1, -0.05) is 18.2 Å². The molecule has 0 aliphatic heterocycles. The SMILES string of the molecule is COc1ccc2cc(-c3ccc(OCCCNCCCNc4cccc(C)c4)cc3)n(C)c(=O)c2c1. The molecule has 4 aromatic rings. The van der Waals surface area contributed by atoms with E-state index in [9.17, 15) is 4.79 Å². The molecule has 0 aliphatic carbocycles. The first kappa shape index (κ1) is 25.3. The number of aryl methyl sites for hydroxylation is 1. The Morgan fingerprint density at radius 1 is 0.861 bits per heavy atom. The van der Waals surface area contributed by atoms with Crippen LogP contribution in [-0.4, -0.2) is 37.9 Å². The van der Waals surface area contributed by atoms with E-state index >= 15 is 0 Å². The van der Waals surface area contributed by atoms with Crippen molar-refractivity contribution in [2.45, 2.75) is 19.8 Å². The second-order valence-electron chi connectivity index (χ2n) is 8.97. The summed E-state index contributed by atoms with van der Waals surface area (Å²) in [7, 11) is 3.40. The molecule has 0 amide bonds. The third kappa shape index (κ3) is 6.46. The van der Waals surface area contributed by atoms with Gasteiger partial charge in [0, 0.05) is 19.3 Å². The van der Waals surface area contributed by atoms with E-state index in [4.69, 9.17) is 9.47 Å². The lowest BCUT2D eigenvalue weighted by Crippen LogP contribution is -2.20. The number of pyridine rings is 1. The van der Waals surface area contributed by atoms with E-state index in [2.05, 4.69) is 41.8 Å². The second-order valence-corrected chi connectivity index (χ2v) is 8.97. The van der Waals surface area contributed by atoms with Crippen molar-refractivity contribution in [2.24, 2.45) is 7.05 Å². The van der Waals surface area contributed by atoms with E-state index in [1.54, 1.807) is 24.8 Å². The highest BCUT2D eigenvalue weighted by atomic mass is 16.5. The van der Waals surface area contributed by atoms with E-state index in [1.807, 2.05) is 42.5 Å². The predicted octanol–water partition coefficient (Wildman–Crippen LogP) is 5.38. The molecule has 188 valence electrons. The lowest BCUT2D eigenvalue weighted by Gasteiger charge is -2.12. The van der Waals surface area contributed by atoms with E-state index < -0.39 is 0 Å². The molecule has 0 atom stereocenters. The maximum atomic E-state index is 12.9. The van der Waals surface area contributed by atoms with Crippen LogP contribution in [0, 0.1) is 6.92 Å². The fraction of sp³-hybridized carbons (Fsp3) is 0.300. The van der Waals surface area contributed by atoms with Gasteiger partial charge >= 0.3 is 0 Å². The van der Waals surface area contributed by atoms with Crippen molar-refractivity contribution in [1.82, 2.24) is 9.88 Å². The highest BCUT2D eigenvalue weighted by molar-refractivity contribution is 5.86. The number of nitrogens with one attached hydrogen (secondary N) is 2. The van der Waals surface area contributed by atoms with Crippen LogP contribution >= 0.6 is 0 Å². The number of nitrogens with zero attached hydrogens (tertiary/aromatic N) is 1. The van der Waals surface area contributed by atoms with Crippen molar-refractivity contribution >= 4 is 16.5 Å². The maximum Gasteiger partial charge on any atom is 0.258 e. The van der Waals surface area contributed by atoms with Gasteiger partial charge in [0.15, 0.2) is 0 Å². The van der Waals surface area contributed by atoms with Crippen LogP contribution in [0.2, 0.25) is 0 Å². The van der Waals surface area contributed by atoms with Crippen LogP contribution in [-0.2, 0) is 7.05 Å². The number of anilines is 1. The minimum absolute atomic E-state index is 0.0415. The summed E-state index contributed by atoms with van der Waals surface area (Å²) < 4.78 is 12.9.